The number of methoxy groups -OCH3 is 1. The normalized spacial score (nSPS) is 17.3. The van der Waals surface area contributed by atoms with E-state index in [1.165, 1.54) is 23.5 Å². The molecule has 23 heavy (non-hydrogen) atoms. The van der Waals surface area contributed by atoms with E-state index in [9.17, 15) is 12.8 Å². The second-order valence-corrected chi connectivity index (χ2v) is 7.35. The van der Waals surface area contributed by atoms with Gasteiger partial charge in [-0.25, -0.2) is 12.8 Å². The van der Waals surface area contributed by atoms with Gasteiger partial charge in [0, 0.05) is 25.8 Å². The molecular weight excluding hydrogens is 323 g/mol. The van der Waals surface area contributed by atoms with E-state index < -0.39 is 15.8 Å². The van der Waals surface area contributed by atoms with Gasteiger partial charge < -0.3 is 15.2 Å². The molecule has 1 aromatic rings. The first kappa shape index (κ1) is 18.1. The highest BCUT2D eigenvalue weighted by atomic mass is 32.2. The maximum atomic E-state index is 13.4. The van der Waals surface area contributed by atoms with E-state index in [2.05, 4.69) is 0 Å². The maximum absolute atomic E-state index is 13.4. The van der Waals surface area contributed by atoms with Crippen molar-refractivity contribution in [2.75, 3.05) is 33.4 Å². The van der Waals surface area contributed by atoms with E-state index in [0.29, 0.717) is 39.1 Å². The van der Waals surface area contributed by atoms with Crippen LogP contribution in [0.4, 0.5) is 4.39 Å². The zero-order valence-corrected chi connectivity index (χ0v) is 14.0. The van der Waals surface area contributed by atoms with Gasteiger partial charge in [0.05, 0.1) is 18.1 Å². The number of piperidine rings is 1. The summed E-state index contributed by atoms with van der Waals surface area (Å²) < 4.78 is 50.6. The Bertz CT molecular complexity index is 616. The molecule has 2 rings (SSSR count). The molecule has 0 radical (unpaired) electrons. The van der Waals surface area contributed by atoms with Gasteiger partial charge in [-0.2, -0.15) is 4.31 Å². The van der Waals surface area contributed by atoms with E-state index in [1.807, 2.05) is 0 Å². The minimum atomic E-state index is -3.65. The Hall–Kier alpha value is -1.22. The molecule has 0 saturated carbocycles. The van der Waals surface area contributed by atoms with Crippen LogP contribution in [0.2, 0.25) is 0 Å². The molecule has 8 heteroatoms. The molecule has 1 aromatic carbocycles. The maximum Gasteiger partial charge on any atom is 0.243 e. The number of halogens is 1. The van der Waals surface area contributed by atoms with Crippen LogP contribution in [-0.2, 0) is 14.8 Å². The molecule has 1 fully saturated rings. The Morgan fingerprint density at radius 1 is 1.35 bits per heavy atom. The Kier molecular flexibility index (Phi) is 6.34. The number of sulfonamides is 1. The lowest BCUT2D eigenvalue weighted by Crippen LogP contribution is -2.41. The Labute approximate surface area is 136 Å². The van der Waals surface area contributed by atoms with E-state index in [-0.39, 0.29) is 16.7 Å². The molecule has 0 aliphatic carbocycles. The van der Waals surface area contributed by atoms with Crippen molar-refractivity contribution in [2.45, 2.75) is 30.3 Å². The summed E-state index contributed by atoms with van der Waals surface area (Å²) in [6, 6.07) is 3.58. The number of hydrogen-bond acceptors (Lipinski definition) is 5. The summed E-state index contributed by atoms with van der Waals surface area (Å²) >= 11 is 0. The van der Waals surface area contributed by atoms with Gasteiger partial charge in [-0.15, -0.1) is 0 Å². The van der Waals surface area contributed by atoms with Crippen LogP contribution in [0.3, 0.4) is 0 Å². The number of ether oxygens (including phenoxy) is 2. The van der Waals surface area contributed by atoms with E-state index in [1.54, 1.807) is 0 Å². The fraction of sp³-hybridized carbons (Fsp3) is 0.600. The number of nitrogens with two attached hydrogens (primary N) is 1. The lowest BCUT2D eigenvalue weighted by molar-refractivity contribution is 0.0209. The highest BCUT2D eigenvalue weighted by Crippen LogP contribution is 2.26. The quantitative estimate of drug-likeness (QED) is 0.754. The summed E-state index contributed by atoms with van der Waals surface area (Å²) in [5.74, 6) is -0.662. The lowest BCUT2D eigenvalue weighted by atomic mass is 10.1. The van der Waals surface area contributed by atoms with E-state index in [0.717, 1.165) is 12.5 Å². The van der Waals surface area contributed by atoms with Gasteiger partial charge >= 0.3 is 0 Å². The third-order valence-corrected chi connectivity index (χ3v) is 5.76. The first-order chi connectivity index (χ1) is 11.0. The van der Waals surface area contributed by atoms with Gasteiger partial charge in [0.2, 0.25) is 10.0 Å². The summed E-state index contributed by atoms with van der Waals surface area (Å²) in [6.07, 6.45) is 2.15. The fourth-order valence-electron chi connectivity index (χ4n) is 2.52. The summed E-state index contributed by atoms with van der Waals surface area (Å²) in [4.78, 5) is 0.0400. The minimum Gasteiger partial charge on any atom is -0.494 e. The number of hydrogen-bond donors (Lipinski definition) is 1. The Morgan fingerprint density at radius 2 is 2.04 bits per heavy atom. The Balaban J connectivity index is 2.01. The van der Waals surface area contributed by atoms with Crippen molar-refractivity contribution in [1.29, 1.82) is 0 Å². The third-order valence-electron chi connectivity index (χ3n) is 3.86. The predicted molar refractivity (Wildman–Crippen MR) is 84.4 cm³/mol. The van der Waals surface area contributed by atoms with Gasteiger partial charge in [0.1, 0.15) is 0 Å². The van der Waals surface area contributed by atoms with E-state index >= 15 is 0 Å². The smallest absolute Gasteiger partial charge is 0.243 e. The molecule has 130 valence electrons. The highest BCUT2D eigenvalue weighted by Gasteiger charge is 2.30. The fourth-order valence-corrected chi connectivity index (χ4v) is 4.01. The first-order valence-electron chi connectivity index (χ1n) is 7.64. The molecule has 0 aromatic heterocycles. The van der Waals surface area contributed by atoms with Crippen molar-refractivity contribution in [3.8, 4) is 5.75 Å². The van der Waals surface area contributed by atoms with Gasteiger partial charge in [-0.05, 0) is 37.9 Å². The van der Waals surface area contributed by atoms with Crippen LogP contribution in [0, 0.1) is 5.82 Å². The summed E-state index contributed by atoms with van der Waals surface area (Å²) in [5, 5.41) is 0. The standard InChI is InChI=1S/C15H23FN2O4S/c1-21-15-11-13(3-4-14(15)16)23(19,20)18-8-5-12(6-9-18)22-10-2-7-17/h3-4,11-12H,2,5-10,17H2,1H3. The summed E-state index contributed by atoms with van der Waals surface area (Å²) in [5.41, 5.74) is 5.42. The van der Waals surface area contributed by atoms with Crippen LogP contribution in [0.15, 0.2) is 23.1 Å². The molecule has 6 nitrogen and oxygen atoms in total. The van der Waals surface area contributed by atoms with Crippen molar-refractivity contribution in [3.05, 3.63) is 24.0 Å². The van der Waals surface area contributed by atoms with Gasteiger partial charge in [0.25, 0.3) is 0 Å². The second kappa shape index (κ2) is 8.05. The zero-order chi connectivity index (χ0) is 16.9. The molecule has 1 aliphatic rings. The number of rotatable bonds is 7. The highest BCUT2D eigenvalue weighted by molar-refractivity contribution is 7.89. The molecule has 0 spiro atoms. The van der Waals surface area contributed by atoms with Crippen LogP contribution < -0.4 is 10.5 Å². The van der Waals surface area contributed by atoms with Crippen LogP contribution in [0.5, 0.6) is 5.75 Å². The average Bonchev–Trinajstić information content (AvgIpc) is 2.56. The number of nitrogens with zero attached hydrogens (tertiary/aromatic N) is 1. The molecule has 1 saturated heterocycles. The van der Waals surface area contributed by atoms with E-state index in [4.69, 9.17) is 15.2 Å². The number of benzene rings is 1. The van der Waals surface area contributed by atoms with Gasteiger partial charge in [-0.1, -0.05) is 0 Å². The van der Waals surface area contributed by atoms with Crippen LogP contribution in [0.25, 0.3) is 0 Å². The zero-order valence-electron chi connectivity index (χ0n) is 13.2. The monoisotopic (exact) mass is 346 g/mol. The van der Waals surface area contributed by atoms with Crippen molar-refractivity contribution >= 4 is 10.0 Å². The minimum absolute atomic E-state index is 0.0400. The van der Waals surface area contributed by atoms with Gasteiger partial charge in [-0.3, -0.25) is 0 Å². The molecule has 1 aliphatic heterocycles. The molecule has 0 amide bonds. The van der Waals surface area contributed by atoms with Crippen LogP contribution >= 0.6 is 0 Å². The molecule has 0 atom stereocenters. The lowest BCUT2D eigenvalue weighted by Gasteiger charge is -2.31. The SMILES string of the molecule is COc1cc(S(=O)(=O)N2CCC(OCCCN)CC2)ccc1F. The molecular formula is C15H23FN2O4S. The largest absolute Gasteiger partial charge is 0.494 e. The molecule has 2 N–H and O–H groups in total. The topological polar surface area (TPSA) is 81.9 Å². The van der Waals surface area contributed by atoms with Gasteiger partial charge in [0.15, 0.2) is 11.6 Å². The first-order valence-corrected chi connectivity index (χ1v) is 9.08. The van der Waals surface area contributed by atoms with Crippen molar-refractivity contribution in [3.63, 3.8) is 0 Å². The van der Waals surface area contributed by atoms with Crippen LogP contribution in [-0.4, -0.2) is 52.2 Å². The van der Waals surface area contributed by atoms with Crippen molar-refractivity contribution < 1.29 is 22.3 Å². The average molecular weight is 346 g/mol. The summed E-state index contributed by atoms with van der Waals surface area (Å²) in [7, 11) is -2.34. The third kappa shape index (κ3) is 4.41. The molecule has 0 bridgehead atoms. The molecule has 1 heterocycles. The van der Waals surface area contributed by atoms with Crippen molar-refractivity contribution in [2.24, 2.45) is 5.73 Å². The second-order valence-electron chi connectivity index (χ2n) is 5.41. The Morgan fingerprint density at radius 3 is 2.65 bits per heavy atom. The molecule has 0 unspecified atom stereocenters. The summed E-state index contributed by atoms with van der Waals surface area (Å²) in [6.45, 7) is 1.95. The predicted octanol–water partition coefficient (Wildman–Crippen LogP) is 1.35. The van der Waals surface area contributed by atoms with Crippen molar-refractivity contribution in [1.82, 2.24) is 4.31 Å². The van der Waals surface area contributed by atoms with Crippen LogP contribution in [0.1, 0.15) is 19.3 Å².